The van der Waals surface area contributed by atoms with Crippen molar-refractivity contribution in [1.82, 2.24) is 9.80 Å². The monoisotopic (exact) mass is 452 g/mol. The molecule has 7 heteroatoms. The lowest BCUT2D eigenvalue weighted by Gasteiger charge is -2.39. The molecule has 0 atom stereocenters. The van der Waals surface area contributed by atoms with Crippen molar-refractivity contribution in [1.29, 1.82) is 0 Å². The molecule has 2 aliphatic heterocycles. The zero-order valence-electron chi connectivity index (χ0n) is 19.5. The van der Waals surface area contributed by atoms with Gasteiger partial charge in [-0.25, -0.2) is 4.39 Å². The molecule has 2 heterocycles. The minimum absolute atomic E-state index is 0.00377. The Morgan fingerprint density at radius 1 is 0.939 bits per heavy atom. The number of hydrogen-bond acceptors (Lipinski definition) is 4. The third kappa shape index (κ3) is 5.71. The number of benzene rings is 2. The highest BCUT2D eigenvalue weighted by atomic mass is 19.1. The van der Waals surface area contributed by atoms with E-state index in [4.69, 9.17) is 0 Å². The van der Waals surface area contributed by atoms with E-state index in [1.807, 2.05) is 41.0 Å². The lowest BCUT2D eigenvalue weighted by molar-refractivity contribution is -0.137. The normalized spacial score (nSPS) is 17.8. The molecule has 0 spiro atoms. The van der Waals surface area contributed by atoms with Gasteiger partial charge in [0.15, 0.2) is 0 Å². The van der Waals surface area contributed by atoms with E-state index in [0.717, 1.165) is 37.2 Å². The minimum atomic E-state index is -0.216. The Morgan fingerprint density at radius 2 is 1.64 bits per heavy atom. The summed E-state index contributed by atoms with van der Waals surface area (Å²) >= 11 is 0. The molecule has 0 aliphatic carbocycles. The minimum Gasteiger partial charge on any atom is -0.366 e. The molecule has 2 saturated heterocycles. The summed E-state index contributed by atoms with van der Waals surface area (Å²) in [6.07, 6.45) is 1.53. The van der Waals surface area contributed by atoms with Crippen LogP contribution in [0.5, 0.6) is 0 Å². The Labute approximate surface area is 195 Å². The van der Waals surface area contributed by atoms with E-state index in [1.54, 1.807) is 12.1 Å². The summed E-state index contributed by atoms with van der Waals surface area (Å²) in [6, 6.07) is 12.7. The molecule has 0 saturated carbocycles. The van der Waals surface area contributed by atoms with E-state index in [2.05, 4.69) is 17.1 Å². The molecular formula is C26H33FN4O2. The van der Waals surface area contributed by atoms with Gasteiger partial charge in [0.1, 0.15) is 5.82 Å². The first-order chi connectivity index (χ1) is 15.9. The molecular weight excluding hydrogens is 419 g/mol. The molecule has 6 nitrogen and oxygen atoms in total. The molecule has 0 bridgehead atoms. The van der Waals surface area contributed by atoms with Gasteiger partial charge in [0.2, 0.25) is 11.8 Å². The largest absolute Gasteiger partial charge is 0.366 e. The molecule has 2 aromatic carbocycles. The molecule has 176 valence electrons. The maximum Gasteiger partial charge on any atom is 0.238 e. The number of aryl methyl sites for hydroxylation is 2. The quantitative estimate of drug-likeness (QED) is 0.755. The number of carbonyl (C=O) groups excluding carboxylic acids is 2. The van der Waals surface area contributed by atoms with Crippen LogP contribution < -0.4 is 10.2 Å². The highest BCUT2D eigenvalue weighted by molar-refractivity contribution is 5.92. The van der Waals surface area contributed by atoms with Crippen molar-refractivity contribution in [3.8, 4) is 0 Å². The number of amides is 2. The predicted octanol–water partition coefficient (Wildman–Crippen LogP) is 3.44. The third-order valence-electron chi connectivity index (χ3n) is 6.88. The van der Waals surface area contributed by atoms with Gasteiger partial charge in [0.05, 0.1) is 12.2 Å². The maximum atomic E-state index is 14.0. The van der Waals surface area contributed by atoms with Crippen molar-refractivity contribution in [2.24, 2.45) is 5.92 Å². The second kappa shape index (κ2) is 10.3. The van der Waals surface area contributed by atoms with Crippen LogP contribution in [0.1, 0.15) is 24.0 Å². The molecule has 0 unspecified atom stereocenters. The summed E-state index contributed by atoms with van der Waals surface area (Å²) in [5, 5.41) is 2.98. The van der Waals surface area contributed by atoms with Crippen molar-refractivity contribution < 1.29 is 14.0 Å². The highest BCUT2D eigenvalue weighted by Gasteiger charge is 2.31. The maximum absolute atomic E-state index is 14.0. The van der Waals surface area contributed by atoms with E-state index in [9.17, 15) is 14.0 Å². The number of halogens is 1. The Morgan fingerprint density at radius 3 is 2.30 bits per heavy atom. The molecule has 1 N–H and O–H groups in total. The summed E-state index contributed by atoms with van der Waals surface area (Å²) < 4.78 is 14.0. The van der Waals surface area contributed by atoms with Crippen LogP contribution in [0.25, 0.3) is 0 Å². The van der Waals surface area contributed by atoms with Crippen LogP contribution in [0.2, 0.25) is 0 Å². The lowest BCUT2D eigenvalue weighted by atomic mass is 9.95. The summed E-state index contributed by atoms with van der Waals surface area (Å²) in [5.41, 5.74) is 3.79. The van der Waals surface area contributed by atoms with Gasteiger partial charge in [-0.15, -0.1) is 0 Å². The first-order valence-corrected chi connectivity index (χ1v) is 11.8. The Balaban J connectivity index is 1.21. The Hall–Kier alpha value is -2.93. The third-order valence-corrected chi connectivity index (χ3v) is 6.88. The van der Waals surface area contributed by atoms with Gasteiger partial charge in [-0.2, -0.15) is 0 Å². The van der Waals surface area contributed by atoms with Crippen LogP contribution in [0, 0.1) is 25.6 Å². The topological polar surface area (TPSA) is 55.9 Å². The fourth-order valence-corrected chi connectivity index (χ4v) is 4.69. The second-order valence-corrected chi connectivity index (χ2v) is 9.16. The van der Waals surface area contributed by atoms with Crippen molar-refractivity contribution in [2.45, 2.75) is 26.7 Å². The summed E-state index contributed by atoms with van der Waals surface area (Å²) in [7, 11) is 0. The van der Waals surface area contributed by atoms with E-state index >= 15 is 0 Å². The standard InChI is InChI=1S/C26H33FN4O2/c1-19-7-8-22(17-20(19)2)28-25(32)18-29-11-9-21(10-12-29)26(33)31-15-13-30(14-16-31)24-6-4-3-5-23(24)27/h3-8,17,21H,9-16,18H2,1-2H3,(H,28,32). The van der Waals surface area contributed by atoms with Crippen LogP contribution in [0.3, 0.4) is 0 Å². The van der Waals surface area contributed by atoms with E-state index in [1.165, 1.54) is 11.6 Å². The lowest BCUT2D eigenvalue weighted by Crippen LogP contribution is -2.52. The molecule has 33 heavy (non-hydrogen) atoms. The van der Waals surface area contributed by atoms with Crippen molar-refractivity contribution in [2.75, 3.05) is 56.0 Å². The van der Waals surface area contributed by atoms with Gasteiger partial charge in [-0.1, -0.05) is 18.2 Å². The zero-order chi connectivity index (χ0) is 23.4. The second-order valence-electron chi connectivity index (χ2n) is 9.16. The molecule has 2 aliphatic rings. The average molecular weight is 453 g/mol. The fraction of sp³-hybridized carbons (Fsp3) is 0.462. The van der Waals surface area contributed by atoms with Crippen LogP contribution in [-0.2, 0) is 9.59 Å². The highest BCUT2D eigenvalue weighted by Crippen LogP contribution is 2.24. The van der Waals surface area contributed by atoms with Crippen molar-refractivity contribution in [3.05, 3.63) is 59.4 Å². The molecule has 0 aromatic heterocycles. The number of anilines is 2. The van der Waals surface area contributed by atoms with Crippen LogP contribution in [0.4, 0.5) is 15.8 Å². The number of carbonyl (C=O) groups is 2. The van der Waals surface area contributed by atoms with E-state index in [-0.39, 0.29) is 23.5 Å². The molecule has 2 fully saturated rings. The summed E-state index contributed by atoms with van der Waals surface area (Å²) in [6.45, 7) is 8.43. The van der Waals surface area contributed by atoms with Crippen LogP contribution in [0.15, 0.2) is 42.5 Å². The first-order valence-electron chi connectivity index (χ1n) is 11.8. The number of para-hydroxylation sites is 1. The zero-order valence-corrected chi connectivity index (χ0v) is 19.5. The van der Waals surface area contributed by atoms with Crippen LogP contribution >= 0.6 is 0 Å². The van der Waals surface area contributed by atoms with Gasteiger partial charge < -0.3 is 15.1 Å². The number of likely N-dealkylation sites (tertiary alicyclic amines) is 1. The summed E-state index contributed by atoms with van der Waals surface area (Å²) in [5.74, 6) is -0.0371. The van der Waals surface area contributed by atoms with Gasteiger partial charge in [-0.3, -0.25) is 14.5 Å². The number of piperazine rings is 1. The number of hydrogen-bond donors (Lipinski definition) is 1. The number of nitrogens with one attached hydrogen (secondary N) is 1. The van der Waals surface area contributed by atoms with Crippen molar-refractivity contribution >= 4 is 23.2 Å². The Kier molecular flexibility index (Phi) is 7.28. The van der Waals surface area contributed by atoms with Gasteiger partial charge in [-0.05, 0) is 75.2 Å². The number of rotatable bonds is 5. The number of nitrogens with zero attached hydrogens (tertiary/aromatic N) is 3. The van der Waals surface area contributed by atoms with Crippen molar-refractivity contribution in [3.63, 3.8) is 0 Å². The van der Waals surface area contributed by atoms with E-state index in [0.29, 0.717) is 38.4 Å². The van der Waals surface area contributed by atoms with E-state index < -0.39 is 0 Å². The van der Waals surface area contributed by atoms with Gasteiger partial charge >= 0.3 is 0 Å². The molecule has 2 amide bonds. The summed E-state index contributed by atoms with van der Waals surface area (Å²) in [4.78, 5) is 31.5. The first kappa shape index (κ1) is 23.2. The van der Waals surface area contributed by atoms with Gasteiger partial charge in [0, 0.05) is 37.8 Å². The Bertz CT molecular complexity index is 996. The number of piperidine rings is 1. The molecule has 0 radical (unpaired) electrons. The molecule has 4 rings (SSSR count). The predicted molar refractivity (Wildman–Crippen MR) is 129 cm³/mol. The average Bonchev–Trinajstić information content (AvgIpc) is 2.82. The smallest absolute Gasteiger partial charge is 0.238 e. The van der Waals surface area contributed by atoms with Crippen LogP contribution in [-0.4, -0.2) is 67.4 Å². The van der Waals surface area contributed by atoms with Gasteiger partial charge in [0.25, 0.3) is 0 Å². The molecule has 2 aromatic rings. The fourth-order valence-electron chi connectivity index (χ4n) is 4.69. The SMILES string of the molecule is Cc1ccc(NC(=O)CN2CCC(C(=O)N3CCN(c4ccccc4F)CC3)CC2)cc1C.